The zero-order chi connectivity index (χ0) is 12.5. The van der Waals surface area contributed by atoms with Crippen molar-refractivity contribution in [3.05, 3.63) is 35.4 Å². The van der Waals surface area contributed by atoms with Crippen LogP contribution in [0.3, 0.4) is 0 Å². The maximum atomic E-state index is 13.9. The molecule has 94 valence electrons. The molecule has 1 fully saturated rings. The highest BCUT2D eigenvalue weighted by Gasteiger charge is 2.47. The minimum Gasteiger partial charge on any atom is -0.330 e. The summed E-state index contributed by atoms with van der Waals surface area (Å²) in [6, 6.07) is 6.81. The van der Waals surface area contributed by atoms with E-state index in [1.54, 1.807) is 12.1 Å². The third kappa shape index (κ3) is 2.83. The lowest BCUT2D eigenvalue weighted by atomic mass is 9.96. The van der Waals surface area contributed by atoms with Gasteiger partial charge < -0.3 is 5.73 Å². The van der Waals surface area contributed by atoms with Crippen molar-refractivity contribution in [3.8, 4) is 0 Å². The van der Waals surface area contributed by atoms with Gasteiger partial charge in [-0.1, -0.05) is 25.1 Å². The largest absolute Gasteiger partial charge is 0.330 e. The fourth-order valence-electron chi connectivity index (χ4n) is 2.07. The van der Waals surface area contributed by atoms with Crippen LogP contribution in [0.2, 0.25) is 0 Å². The smallest absolute Gasteiger partial charge is 0.276 e. The van der Waals surface area contributed by atoms with Gasteiger partial charge in [0.15, 0.2) is 0 Å². The van der Waals surface area contributed by atoms with Gasteiger partial charge in [0.05, 0.1) is 0 Å². The van der Waals surface area contributed by atoms with Gasteiger partial charge in [0.1, 0.15) is 0 Å². The molecule has 1 aromatic carbocycles. The number of hydrogen-bond acceptors (Lipinski definition) is 1. The second kappa shape index (κ2) is 4.73. The summed E-state index contributed by atoms with van der Waals surface area (Å²) in [5, 5.41) is 0. The molecule has 0 amide bonds. The zero-order valence-electron chi connectivity index (χ0n) is 10.1. The van der Waals surface area contributed by atoms with E-state index in [2.05, 4.69) is 0 Å². The van der Waals surface area contributed by atoms with E-state index in [1.165, 1.54) is 6.07 Å². The maximum Gasteiger partial charge on any atom is 0.276 e. The second-order valence-corrected chi connectivity index (χ2v) is 5.14. The normalized spacial score (nSPS) is 18.1. The molecule has 0 spiro atoms. The molecular weight excluding hydrogens is 220 g/mol. The summed E-state index contributed by atoms with van der Waals surface area (Å²) in [5.74, 6) is -2.76. The molecule has 1 aromatic rings. The summed E-state index contributed by atoms with van der Waals surface area (Å²) >= 11 is 0. The van der Waals surface area contributed by atoms with Gasteiger partial charge in [-0.15, -0.1) is 0 Å². The predicted molar refractivity (Wildman–Crippen MR) is 65.0 cm³/mol. The molecule has 1 aliphatic rings. The van der Waals surface area contributed by atoms with Gasteiger partial charge in [-0.05, 0) is 43.4 Å². The Morgan fingerprint density at radius 3 is 2.71 bits per heavy atom. The molecule has 0 aliphatic heterocycles. The van der Waals surface area contributed by atoms with Crippen molar-refractivity contribution in [1.29, 1.82) is 0 Å². The average molecular weight is 239 g/mol. The van der Waals surface area contributed by atoms with Gasteiger partial charge in [0.2, 0.25) is 0 Å². The maximum absolute atomic E-state index is 13.9. The van der Waals surface area contributed by atoms with E-state index in [-0.39, 0.29) is 5.56 Å². The Balaban J connectivity index is 2.16. The van der Waals surface area contributed by atoms with Crippen LogP contribution in [0, 0.1) is 11.8 Å². The molecule has 2 rings (SSSR count). The Morgan fingerprint density at radius 2 is 2.12 bits per heavy atom. The Hall–Kier alpha value is -0.960. The minimum atomic E-state index is -2.65. The topological polar surface area (TPSA) is 26.0 Å². The van der Waals surface area contributed by atoms with Crippen molar-refractivity contribution in [3.63, 3.8) is 0 Å². The summed E-state index contributed by atoms with van der Waals surface area (Å²) in [7, 11) is 0. The van der Waals surface area contributed by atoms with E-state index in [0.717, 1.165) is 12.0 Å². The molecule has 1 aliphatic carbocycles. The van der Waals surface area contributed by atoms with Crippen molar-refractivity contribution in [1.82, 2.24) is 0 Å². The van der Waals surface area contributed by atoms with Crippen LogP contribution in [0.15, 0.2) is 24.3 Å². The molecule has 0 heterocycles. The van der Waals surface area contributed by atoms with Crippen LogP contribution in [0.5, 0.6) is 0 Å². The van der Waals surface area contributed by atoms with Gasteiger partial charge in [0, 0.05) is 11.5 Å². The molecule has 2 N–H and O–H groups in total. The number of halogens is 2. The molecule has 0 radical (unpaired) electrons. The summed E-state index contributed by atoms with van der Waals surface area (Å²) in [6.07, 6.45) is 2.07. The Labute approximate surface area is 101 Å². The lowest BCUT2D eigenvalue weighted by Gasteiger charge is -2.17. The molecule has 1 nitrogen and oxygen atoms in total. The van der Waals surface area contributed by atoms with Crippen molar-refractivity contribution in [2.24, 2.45) is 17.6 Å². The minimum absolute atomic E-state index is 0.168. The monoisotopic (exact) mass is 239 g/mol. The quantitative estimate of drug-likeness (QED) is 0.838. The highest BCUT2D eigenvalue weighted by atomic mass is 19.3. The third-order valence-corrected chi connectivity index (χ3v) is 3.39. The van der Waals surface area contributed by atoms with Gasteiger partial charge >= 0.3 is 0 Å². The molecule has 3 heteroatoms. The second-order valence-electron chi connectivity index (χ2n) is 5.14. The average Bonchev–Trinajstić information content (AvgIpc) is 3.13. The van der Waals surface area contributed by atoms with Crippen molar-refractivity contribution in [2.75, 3.05) is 6.54 Å². The molecule has 1 atom stereocenters. The molecule has 0 bridgehead atoms. The first-order valence-corrected chi connectivity index (χ1v) is 6.21. The van der Waals surface area contributed by atoms with Gasteiger partial charge in [-0.2, -0.15) is 0 Å². The van der Waals surface area contributed by atoms with Gasteiger partial charge in [-0.25, -0.2) is 8.78 Å². The molecule has 1 unspecified atom stereocenters. The first-order valence-electron chi connectivity index (χ1n) is 6.21. The predicted octanol–water partition coefficient (Wildman–Crippen LogP) is 3.33. The first-order chi connectivity index (χ1) is 8.04. The third-order valence-electron chi connectivity index (χ3n) is 3.39. The van der Waals surface area contributed by atoms with Crippen molar-refractivity contribution in [2.45, 2.75) is 32.1 Å². The molecule has 1 saturated carbocycles. The lowest BCUT2D eigenvalue weighted by molar-refractivity contribution is -0.0286. The van der Waals surface area contributed by atoms with Crippen LogP contribution in [0.1, 0.15) is 30.9 Å². The van der Waals surface area contributed by atoms with Crippen LogP contribution in [-0.4, -0.2) is 6.54 Å². The highest BCUT2D eigenvalue weighted by Crippen LogP contribution is 2.49. The van der Waals surface area contributed by atoms with Crippen LogP contribution in [0.4, 0.5) is 8.78 Å². The highest BCUT2D eigenvalue weighted by molar-refractivity contribution is 5.28. The lowest BCUT2D eigenvalue weighted by Crippen LogP contribution is -2.17. The SMILES string of the molecule is CC(CN)Cc1cccc(C(F)(F)C2CC2)c1. The van der Waals surface area contributed by atoms with Crippen LogP contribution in [0.25, 0.3) is 0 Å². The van der Waals surface area contributed by atoms with E-state index in [9.17, 15) is 8.78 Å². The van der Waals surface area contributed by atoms with E-state index in [4.69, 9.17) is 5.73 Å². The fraction of sp³-hybridized carbons (Fsp3) is 0.571. The standard InChI is InChI=1S/C14H19F2N/c1-10(9-17)7-11-3-2-4-13(8-11)14(15,16)12-5-6-12/h2-4,8,10,12H,5-7,9,17H2,1H3. The summed E-state index contributed by atoms with van der Waals surface area (Å²) in [6.45, 7) is 2.62. The van der Waals surface area contributed by atoms with Crippen molar-refractivity contribution >= 4 is 0 Å². The number of nitrogens with two attached hydrogens (primary N) is 1. The molecule has 17 heavy (non-hydrogen) atoms. The van der Waals surface area contributed by atoms with Gasteiger partial charge in [-0.3, -0.25) is 0 Å². The van der Waals surface area contributed by atoms with Crippen LogP contribution >= 0.6 is 0 Å². The Bertz CT molecular complexity index is 386. The zero-order valence-corrected chi connectivity index (χ0v) is 10.1. The summed E-state index contributed by atoms with van der Waals surface area (Å²) in [4.78, 5) is 0. The van der Waals surface area contributed by atoms with Gasteiger partial charge in [0.25, 0.3) is 5.92 Å². The van der Waals surface area contributed by atoms with E-state index in [0.29, 0.717) is 25.3 Å². The summed E-state index contributed by atoms with van der Waals surface area (Å²) < 4.78 is 27.8. The Kier molecular flexibility index (Phi) is 3.48. The van der Waals surface area contributed by atoms with Crippen molar-refractivity contribution < 1.29 is 8.78 Å². The summed E-state index contributed by atoms with van der Waals surface area (Å²) in [5.41, 5.74) is 6.68. The first kappa shape index (κ1) is 12.5. The number of benzene rings is 1. The van der Waals surface area contributed by atoms with E-state index in [1.807, 2.05) is 13.0 Å². The van der Waals surface area contributed by atoms with Crippen LogP contribution < -0.4 is 5.73 Å². The number of hydrogen-bond donors (Lipinski definition) is 1. The van der Waals surface area contributed by atoms with E-state index >= 15 is 0 Å². The number of rotatable bonds is 5. The molecule has 0 aromatic heterocycles. The fourth-order valence-corrected chi connectivity index (χ4v) is 2.07. The molecule has 0 saturated heterocycles. The molecular formula is C14H19F2N. The van der Waals surface area contributed by atoms with E-state index < -0.39 is 11.8 Å². The Morgan fingerprint density at radius 1 is 1.41 bits per heavy atom. The van der Waals surface area contributed by atoms with Crippen LogP contribution in [-0.2, 0) is 12.3 Å². The number of alkyl halides is 2.